The van der Waals surface area contributed by atoms with E-state index in [2.05, 4.69) is 26.8 Å². The fraction of sp³-hybridized carbons (Fsp3) is 0.241. The van der Waals surface area contributed by atoms with Gasteiger partial charge in [0.15, 0.2) is 0 Å². The molecule has 0 saturated carbocycles. The monoisotopic (exact) mass is 494 g/mol. The highest BCUT2D eigenvalue weighted by Crippen LogP contribution is 2.39. The van der Waals surface area contributed by atoms with Crippen molar-refractivity contribution in [2.24, 2.45) is 0 Å². The van der Waals surface area contributed by atoms with Gasteiger partial charge in [0.2, 0.25) is 5.95 Å². The molecule has 7 nitrogen and oxygen atoms in total. The highest BCUT2D eigenvalue weighted by Gasteiger charge is 2.31. The summed E-state index contributed by atoms with van der Waals surface area (Å²) in [7, 11) is 0. The summed E-state index contributed by atoms with van der Waals surface area (Å²) in [6, 6.07) is 18.3. The zero-order chi connectivity index (χ0) is 25.2. The Bertz CT molecular complexity index is 1540. The summed E-state index contributed by atoms with van der Waals surface area (Å²) >= 11 is 0. The number of para-hydroxylation sites is 1. The second-order valence-corrected chi connectivity index (χ2v) is 9.12. The van der Waals surface area contributed by atoms with Gasteiger partial charge in [0, 0.05) is 36.3 Å². The third kappa shape index (κ3) is 4.50. The molecular formula is C29H27FN6O. The van der Waals surface area contributed by atoms with Crippen molar-refractivity contribution in [3.05, 3.63) is 84.7 Å². The summed E-state index contributed by atoms with van der Waals surface area (Å²) in [6.07, 6.45) is 6.25. The maximum Gasteiger partial charge on any atom is 0.223 e. The first kappa shape index (κ1) is 23.1. The van der Waals surface area contributed by atoms with Gasteiger partial charge in [-0.2, -0.15) is 0 Å². The molecule has 1 aliphatic heterocycles. The molecule has 5 aromatic rings. The summed E-state index contributed by atoms with van der Waals surface area (Å²) in [5, 5.41) is 4.26. The van der Waals surface area contributed by atoms with Gasteiger partial charge in [-0.3, -0.25) is 4.98 Å². The number of hydrogen-bond donors (Lipinski definition) is 1. The van der Waals surface area contributed by atoms with E-state index in [1.54, 1.807) is 24.5 Å². The lowest BCUT2D eigenvalue weighted by Crippen LogP contribution is -2.15. The first-order valence-electron chi connectivity index (χ1n) is 12.6. The summed E-state index contributed by atoms with van der Waals surface area (Å²) < 4.78 is 22.3. The van der Waals surface area contributed by atoms with Crippen LogP contribution in [0.4, 0.5) is 10.3 Å². The molecule has 0 fully saturated rings. The number of pyridine rings is 1. The van der Waals surface area contributed by atoms with Crippen LogP contribution < -0.4 is 10.1 Å². The number of anilines is 1. The van der Waals surface area contributed by atoms with Gasteiger partial charge >= 0.3 is 0 Å². The molecule has 4 heterocycles. The quantitative estimate of drug-likeness (QED) is 0.282. The largest absolute Gasteiger partial charge is 0.491 e. The Hall–Kier alpha value is -4.33. The molecule has 0 saturated heterocycles. The van der Waals surface area contributed by atoms with Crippen molar-refractivity contribution in [2.45, 2.75) is 32.2 Å². The van der Waals surface area contributed by atoms with Crippen LogP contribution in [0.5, 0.6) is 5.75 Å². The number of ether oxygens (including phenoxy) is 1. The number of rotatable bonds is 8. The number of fused-ring (bicyclic) bond motifs is 2. The highest BCUT2D eigenvalue weighted by atomic mass is 19.1. The van der Waals surface area contributed by atoms with Gasteiger partial charge < -0.3 is 14.6 Å². The summed E-state index contributed by atoms with van der Waals surface area (Å²) in [6.45, 7) is 3.37. The van der Waals surface area contributed by atoms with E-state index in [-0.39, 0.29) is 11.9 Å². The molecule has 1 aliphatic rings. The first-order chi connectivity index (χ1) is 18.2. The average molecular weight is 495 g/mol. The number of benzene rings is 2. The number of imidazole rings is 1. The predicted molar refractivity (Wildman–Crippen MR) is 142 cm³/mol. The van der Waals surface area contributed by atoms with Crippen LogP contribution in [0, 0.1) is 5.82 Å². The second-order valence-electron chi connectivity index (χ2n) is 9.12. The molecule has 2 aromatic carbocycles. The molecule has 37 heavy (non-hydrogen) atoms. The van der Waals surface area contributed by atoms with Crippen LogP contribution in [0.2, 0.25) is 0 Å². The maximum absolute atomic E-state index is 13.7. The number of aromatic nitrogens is 5. The van der Waals surface area contributed by atoms with E-state index in [1.807, 2.05) is 36.4 Å². The molecule has 3 aromatic heterocycles. The lowest BCUT2D eigenvalue weighted by molar-refractivity contribution is 0.258. The van der Waals surface area contributed by atoms with Gasteiger partial charge in [-0.1, -0.05) is 19.1 Å². The van der Waals surface area contributed by atoms with Crippen molar-refractivity contribution in [3.8, 4) is 28.4 Å². The Labute approximate surface area is 214 Å². The summed E-state index contributed by atoms with van der Waals surface area (Å²) in [4.78, 5) is 18.7. The molecule has 8 heteroatoms. The predicted octanol–water partition coefficient (Wildman–Crippen LogP) is 6.08. The smallest absolute Gasteiger partial charge is 0.223 e. The minimum atomic E-state index is -0.277. The molecular weight excluding hydrogens is 467 g/mol. The van der Waals surface area contributed by atoms with E-state index < -0.39 is 0 Å². The number of nitrogens with zero attached hydrogens (tertiary/aromatic N) is 5. The molecule has 0 aliphatic carbocycles. The van der Waals surface area contributed by atoms with Gasteiger partial charge in [0.25, 0.3) is 0 Å². The van der Waals surface area contributed by atoms with Gasteiger partial charge in [-0.15, -0.1) is 0 Å². The normalized spacial score (nSPS) is 14.6. The zero-order valence-electron chi connectivity index (χ0n) is 20.6. The molecule has 0 amide bonds. The van der Waals surface area contributed by atoms with Crippen molar-refractivity contribution in [1.29, 1.82) is 0 Å². The standard InChI is InChI=1S/C29H27FN6O/c1-2-15-32-29-33-16-13-24(34-29)28-27(19-7-9-20(30)10-8-19)35-26-12-11-21(36(26)28)18-37-25-14-17-31-23-6-4-3-5-22(23)25/h3-10,13-14,16-17,21H,2,11-12,15,18H2,1H3,(H,32,33,34). The molecule has 0 radical (unpaired) electrons. The van der Waals surface area contributed by atoms with Crippen molar-refractivity contribution >= 4 is 16.9 Å². The van der Waals surface area contributed by atoms with E-state index in [9.17, 15) is 4.39 Å². The van der Waals surface area contributed by atoms with E-state index in [0.717, 1.165) is 70.9 Å². The minimum absolute atomic E-state index is 0.0700. The van der Waals surface area contributed by atoms with Gasteiger partial charge in [0.1, 0.15) is 24.0 Å². The van der Waals surface area contributed by atoms with Crippen LogP contribution in [0.15, 0.2) is 73.1 Å². The van der Waals surface area contributed by atoms with Gasteiger partial charge in [-0.25, -0.2) is 19.3 Å². The lowest BCUT2D eigenvalue weighted by Gasteiger charge is -2.19. The Morgan fingerprint density at radius 2 is 1.84 bits per heavy atom. The molecule has 0 spiro atoms. The molecule has 1 atom stereocenters. The van der Waals surface area contributed by atoms with Crippen molar-refractivity contribution in [2.75, 3.05) is 18.5 Å². The topological polar surface area (TPSA) is 77.8 Å². The third-order valence-electron chi connectivity index (χ3n) is 6.64. The Balaban J connectivity index is 1.40. The van der Waals surface area contributed by atoms with E-state index in [4.69, 9.17) is 14.7 Å². The summed E-state index contributed by atoms with van der Waals surface area (Å²) in [5.74, 6) is 2.09. The number of aryl methyl sites for hydroxylation is 1. The molecule has 1 N–H and O–H groups in total. The summed E-state index contributed by atoms with van der Waals surface area (Å²) in [5.41, 5.74) is 4.21. The highest BCUT2D eigenvalue weighted by molar-refractivity contribution is 5.84. The third-order valence-corrected chi connectivity index (χ3v) is 6.64. The maximum atomic E-state index is 13.7. The number of halogens is 1. The van der Waals surface area contributed by atoms with E-state index >= 15 is 0 Å². The molecule has 0 bridgehead atoms. The Morgan fingerprint density at radius 3 is 2.70 bits per heavy atom. The van der Waals surface area contributed by atoms with Crippen LogP contribution >= 0.6 is 0 Å². The SMILES string of the molecule is CCCNc1nccc(-c2c(-c3ccc(F)cc3)nc3n2C(COc2ccnc4ccccc24)CC3)n1. The average Bonchev–Trinajstić information content (AvgIpc) is 3.51. The fourth-order valence-electron chi connectivity index (χ4n) is 4.88. The van der Waals surface area contributed by atoms with Crippen molar-refractivity contribution in [1.82, 2.24) is 24.5 Å². The number of hydrogen-bond acceptors (Lipinski definition) is 6. The Kier molecular flexibility index (Phi) is 6.22. The van der Waals surface area contributed by atoms with Crippen LogP contribution in [-0.4, -0.2) is 37.7 Å². The van der Waals surface area contributed by atoms with Crippen LogP contribution in [0.1, 0.15) is 31.6 Å². The minimum Gasteiger partial charge on any atom is -0.491 e. The molecule has 186 valence electrons. The van der Waals surface area contributed by atoms with E-state index in [0.29, 0.717) is 12.6 Å². The van der Waals surface area contributed by atoms with Gasteiger partial charge in [0.05, 0.1) is 28.6 Å². The van der Waals surface area contributed by atoms with E-state index in [1.165, 1.54) is 12.1 Å². The van der Waals surface area contributed by atoms with Crippen LogP contribution in [0.3, 0.4) is 0 Å². The Morgan fingerprint density at radius 1 is 1.00 bits per heavy atom. The second kappa shape index (κ2) is 9.97. The van der Waals surface area contributed by atoms with Crippen molar-refractivity contribution < 1.29 is 9.13 Å². The lowest BCUT2D eigenvalue weighted by atomic mass is 10.1. The van der Waals surface area contributed by atoms with Crippen LogP contribution in [-0.2, 0) is 6.42 Å². The van der Waals surface area contributed by atoms with Crippen LogP contribution in [0.25, 0.3) is 33.5 Å². The fourth-order valence-corrected chi connectivity index (χ4v) is 4.88. The van der Waals surface area contributed by atoms with Gasteiger partial charge in [-0.05, 0) is 61.4 Å². The number of nitrogens with one attached hydrogen (secondary N) is 1. The first-order valence-corrected chi connectivity index (χ1v) is 12.6. The molecule has 6 rings (SSSR count). The zero-order valence-corrected chi connectivity index (χ0v) is 20.6. The molecule has 1 unspecified atom stereocenters. The van der Waals surface area contributed by atoms with Crippen molar-refractivity contribution in [3.63, 3.8) is 0 Å².